The predicted octanol–water partition coefficient (Wildman–Crippen LogP) is 2.48. The third-order valence-electron chi connectivity index (χ3n) is 5.28. The Bertz CT molecular complexity index is 776. The second kappa shape index (κ2) is 7.55. The van der Waals surface area contributed by atoms with Crippen LogP contribution in [-0.4, -0.2) is 50.4 Å². The number of aryl methyl sites for hydroxylation is 1. The molecule has 1 aliphatic heterocycles. The number of carbonyl (C=O) groups is 1. The lowest BCUT2D eigenvalue weighted by Crippen LogP contribution is -2.54. The van der Waals surface area contributed by atoms with Gasteiger partial charge in [-0.1, -0.05) is 42.8 Å². The molecule has 1 saturated heterocycles. The smallest absolute Gasteiger partial charge is 0.312 e. The van der Waals surface area contributed by atoms with Crippen molar-refractivity contribution in [2.75, 3.05) is 13.1 Å². The molecule has 1 fully saturated rings. The van der Waals surface area contributed by atoms with E-state index in [1.807, 2.05) is 43.0 Å². The van der Waals surface area contributed by atoms with Crippen LogP contribution < -0.4 is 0 Å². The van der Waals surface area contributed by atoms with Crippen molar-refractivity contribution in [2.45, 2.75) is 45.8 Å². The van der Waals surface area contributed by atoms with E-state index in [1.54, 1.807) is 0 Å². The monoisotopic (exact) mass is 359 g/mol. The van der Waals surface area contributed by atoms with Crippen LogP contribution >= 0.6 is 0 Å². The van der Waals surface area contributed by atoms with Gasteiger partial charge in [0.1, 0.15) is 0 Å². The molecule has 140 valence electrons. The predicted molar refractivity (Wildman–Crippen MR) is 95.3 cm³/mol. The number of hydrogen-bond acceptors (Lipinski definition) is 6. The Hall–Kier alpha value is -2.25. The lowest BCUT2D eigenvalue weighted by atomic mass is 9.73. The maximum absolute atomic E-state index is 11.7. The van der Waals surface area contributed by atoms with Gasteiger partial charge in [0.15, 0.2) is 0 Å². The zero-order valence-electron chi connectivity index (χ0n) is 15.2. The number of hydrogen-bond donors (Lipinski definition) is 2. The Morgan fingerprint density at radius 3 is 2.85 bits per heavy atom. The molecular weight excluding hydrogens is 334 g/mol. The van der Waals surface area contributed by atoms with Gasteiger partial charge in [0.05, 0.1) is 18.1 Å². The van der Waals surface area contributed by atoms with E-state index in [2.05, 4.69) is 10.1 Å². The molecule has 26 heavy (non-hydrogen) atoms. The summed E-state index contributed by atoms with van der Waals surface area (Å²) in [5.74, 6) is 0.0985. The third-order valence-corrected chi connectivity index (χ3v) is 5.28. The molecule has 2 N–H and O–H groups in total. The van der Waals surface area contributed by atoms with Gasteiger partial charge in [0.2, 0.25) is 11.7 Å². The molecule has 0 bridgehead atoms. The van der Waals surface area contributed by atoms with Gasteiger partial charge >= 0.3 is 5.97 Å². The normalized spacial score (nSPS) is 23.9. The molecule has 2 aromatic rings. The lowest BCUT2D eigenvalue weighted by molar-refractivity contribution is -0.164. The molecule has 1 aromatic heterocycles. The molecule has 0 radical (unpaired) electrons. The summed E-state index contributed by atoms with van der Waals surface area (Å²) in [6.45, 7) is 5.19. The highest BCUT2D eigenvalue weighted by Gasteiger charge is 2.47. The summed E-state index contributed by atoms with van der Waals surface area (Å²) in [7, 11) is 0. The second-order valence-corrected chi connectivity index (χ2v) is 7.04. The molecule has 1 aromatic carbocycles. The number of piperidine rings is 1. The van der Waals surface area contributed by atoms with E-state index >= 15 is 0 Å². The SMILES string of the molecule is CCC[C@]1(C(=O)O)CCN(Cc2nc(-c3ccccc3C)no2)C[C@@H]1O. The number of aliphatic hydroxyl groups is 1. The number of aliphatic hydroxyl groups excluding tert-OH is 1. The maximum atomic E-state index is 11.7. The number of carboxylic acid groups (broad SMARTS) is 1. The quantitative estimate of drug-likeness (QED) is 0.817. The Kier molecular flexibility index (Phi) is 5.38. The first kappa shape index (κ1) is 18.5. The van der Waals surface area contributed by atoms with E-state index in [0.717, 1.165) is 17.5 Å². The first-order valence-corrected chi connectivity index (χ1v) is 8.98. The zero-order valence-corrected chi connectivity index (χ0v) is 15.2. The van der Waals surface area contributed by atoms with Crippen molar-refractivity contribution in [2.24, 2.45) is 5.41 Å². The summed E-state index contributed by atoms with van der Waals surface area (Å²) >= 11 is 0. The first-order valence-electron chi connectivity index (χ1n) is 8.98. The van der Waals surface area contributed by atoms with Crippen LogP contribution in [0, 0.1) is 12.3 Å². The number of likely N-dealkylation sites (tertiary alicyclic amines) is 1. The topological polar surface area (TPSA) is 99.7 Å². The average molecular weight is 359 g/mol. The fourth-order valence-electron chi connectivity index (χ4n) is 3.72. The molecule has 2 heterocycles. The molecule has 7 nitrogen and oxygen atoms in total. The molecule has 0 aliphatic carbocycles. The summed E-state index contributed by atoms with van der Waals surface area (Å²) in [6, 6.07) is 7.82. The van der Waals surface area contributed by atoms with Crippen LogP contribution in [0.25, 0.3) is 11.4 Å². The van der Waals surface area contributed by atoms with Crippen molar-refractivity contribution in [3.05, 3.63) is 35.7 Å². The number of carboxylic acids is 1. The van der Waals surface area contributed by atoms with Gasteiger partial charge in [-0.25, -0.2) is 0 Å². The fraction of sp³-hybridized carbons (Fsp3) is 0.526. The summed E-state index contributed by atoms with van der Waals surface area (Å²) in [5.41, 5.74) is 0.944. The highest BCUT2D eigenvalue weighted by Crippen LogP contribution is 2.37. The van der Waals surface area contributed by atoms with Gasteiger partial charge in [-0.05, 0) is 31.9 Å². The minimum Gasteiger partial charge on any atom is -0.481 e. The number of aromatic nitrogens is 2. The summed E-state index contributed by atoms with van der Waals surface area (Å²) in [4.78, 5) is 18.1. The van der Waals surface area contributed by atoms with Gasteiger partial charge in [-0.3, -0.25) is 9.69 Å². The van der Waals surface area contributed by atoms with Crippen LogP contribution in [0.5, 0.6) is 0 Å². The Morgan fingerprint density at radius 2 is 2.19 bits per heavy atom. The van der Waals surface area contributed by atoms with Gasteiger partial charge in [-0.2, -0.15) is 4.98 Å². The highest BCUT2D eigenvalue weighted by atomic mass is 16.5. The van der Waals surface area contributed by atoms with E-state index in [-0.39, 0.29) is 6.54 Å². The van der Waals surface area contributed by atoms with E-state index in [0.29, 0.717) is 37.6 Å². The van der Waals surface area contributed by atoms with Crippen molar-refractivity contribution < 1.29 is 19.5 Å². The van der Waals surface area contributed by atoms with Crippen molar-refractivity contribution in [3.8, 4) is 11.4 Å². The van der Waals surface area contributed by atoms with Crippen LogP contribution in [-0.2, 0) is 11.3 Å². The van der Waals surface area contributed by atoms with Crippen molar-refractivity contribution in [1.82, 2.24) is 15.0 Å². The zero-order chi connectivity index (χ0) is 18.7. The molecular formula is C19H25N3O4. The van der Waals surface area contributed by atoms with Crippen LogP contribution in [0.3, 0.4) is 0 Å². The highest BCUT2D eigenvalue weighted by molar-refractivity contribution is 5.75. The standard InChI is InChI=1S/C19H25N3O4/c1-3-8-19(18(24)25)9-10-22(11-15(19)23)12-16-20-17(21-26-16)14-7-5-4-6-13(14)2/h4-7,15,23H,3,8-12H2,1-2H3,(H,24,25)/t15-,19-/m0/s1. The molecule has 0 spiro atoms. The van der Waals surface area contributed by atoms with E-state index in [9.17, 15) is 15.0 Å². The van der Waals surface area contributed by atoms with E-state index in [4.69, 9.17) is 4.52 Å². The number of rotatable bonds is 6. The molecule has 3 rings (SSSR count). The summed E-state index contributed by atoms with van der Waals surface area (Å²) in [6.07, 6.45) is 0.714. The Morgan fingerprint density at radius 1 is 1.42 bits per heavy atom. The number of nitrogens with zero attached hydrogens (tertiary/aromatic N) is 3. The number of aliphatic carboxylic acids is 1. The number of β-amino-alcohol motifs (C(OH)–C–C–N with tert-alkyl or cyclic N) is 1. The second-order valence-electron chi connectivity index (χ2n) is 7.04. The Balaban J connectivity index is 1.68. The first-order chi connectivity index (χ1) is 12.5. The van der Waals surface area contributed by atoms with Crippen LogP contribution in [0.15, 0.2) is 28.8 Å². The van der Waals surface area contributed by atoms with Crippen molar-refractivity contribution in [1.29, 1.82) is 0 Å². The van der Waals surface area contributed by atoms with Crippen molar-refractivity contribution in [3.63, 3.8) is 0 Å². The molecule has 2 atom stereocenters. The van der Waals surface area contributed by atoms with Crippen LogP contribution in [0.2, 0.25) is 0 Å². The number of benzene rings is 1. The molecule has 0 unspecified atom stereocenters. The fourth-order valence-corrected chi connectivity index (χ4v) is 3.72. The molecule has 1 aliphatic rings. The third kappa shape index (κ3) is 3.50. The summed E-state index contributed by atoms with van der Waals surface area (Å²) in [5, 5.41) is 24.2. The maximum Gasteiger partial charge on any atom is 0.312 e. The van der Waals surface area contributed by atoms with Gasteiger partial charge in [0, 0.05) is 12.1 Å². The minimum absolute atomic E-state index is 0.286. The van der Waals surface area contributed by atoms with Gasteiger partial charge in [0.25, 0.3) is 0 Å². The minimum atomic E-state index is -1.05. The molecule has 7 heteroatoms. The van der Waals surface area contributed by atoms with Crippen molar-refractivity contribution >= 4 is 5.97 Å². The molecule has 0 saturated carbocycles. The largest absolute Gasteiger partial charge is 0.481 e. The molecule has 0 amide bonds. The van der Waals surface area contributed by atoms with Gasteiger partial charge in [-0.15, -0.1) is 0 Å². The summed E-state index contributed by atoms with van der Waals surface area (Å²) < 4.78 is 5.36. The van der Waals surface area contributed by atoms with Crippen LogP contribution in [0.1, 0.15) is 37.6 Å². The average Bonchev–Trinajstić information content (AvgIpc) is 3.06. The van der Waals surface area contributed by atoms with E-state index < -0.39 is 17.5 Å². The van der Waals surface area contributed by atoms with Crippen LogP contribution in [0.4, 0.5) is 0 Å². The van der Waals surface area contributed by atoms with E-state index in [1.165, 1.54) is 0 Å². The lowest BCUT2D eigenvalue weighted by Gasteiger charge is -2.42. The van der Waals surface area contributed by atoms with Gasteiger partial charge < -0.3 is 14.7 Å². The Labute approximate surface area is 152 Å².